The van der Waals surface area contributed by atoms with E-state index in [1.807, 2.05) is 38.1 Å². The number of carbonyl (C=O) groups excluding carboxylic acids is 2. The van der Waals surface area contributed by atoms with Crippen molar-refractivity contribution in [1.82, 2.24) is 0 Å². The number of halogens is 1. The van der Waals surface area contributed by atoms with Gasteiger partial charge in [-0.15, -0.1) is 0 Å². The summed E-state index contributed by atoms with van der Waals surface area (Å²) in [6.07, 6.45) is 1.17. The van der Waals surface area contributed by atoms with Crippen molar-refractivity contribution < 1.29 is 19.1 Å². The fourth-order valence-electron chi connectivity index (χ4n) is 4.30. The van der Waals surface area contributed by atoms with Crippen LogP contribution in [0.15, 0.2) is 51.6 Å². The van der Waals surface area contributed by atoms with Crippen molar-refractivity contribution in [2.24, 2.45) is 0 Å². The van der Waals surface area contributed by atoms with Gasteiger partial charge in [-0.1, -0.05) is 39.7 Å². The number of furan rings is 1. The van der Waals surface area contributed by atoms with Gasteiger partial charge in [-0.3, -0.25) is 9.59 Å². The van der Waals surface area contributed by atoms with Gasteiger partial charge in [-0.2, -0.15) is 0 Å². The molecule has 31 heavy (non-hydrogen) atoms. The smallest absolute Gasteiger partial charge is 0.264 e. The van der Waals surface area contributed by atoms with E-state index >= 15 is 0 Å². The van der Waals surface area contributed by atoms with Gasteiger partial charge in [0.15, 0.2) is 11.4 Å². The highest BCUT2D eigenvalue weighted by molar-refractivity contribution is 9.10. The summed E-state index contributed by atoms with van der Waals surface area (Å²) < 4.78 is 6.08. The number of aryl methyl sites for hydroxylation is 4. The predicted octanol–water partition coefficient (Wildman–Crippen LogP) is 5.28. The molecule has 1 amide bonds. The van der Waals surface area contributed by atoms with E-state index in [1.165, 1.54) is 6.26 Å². The summed E-state index contributed by atoms with van der Waals surface area (Å²) in [5.41, 5.74) is 3.38. The highest BCUT2D eigenvalue weighted by Crippen LogP contribution is 2.45. The molecule has 0 saturated carbocycles. The first-order valence-electron chi connectivity index (χ1n) is 10.1. The molecule has 2 aromatic carbocycles. The molecule has 2 heterocycles. The Kier molecular flexibility index (Phi) is 5.40. The number of fused-ring (bicyclic) bond motifs is 1. The van der Waals surface area contributed by atoms with Crippen LogP contribution >= 0.6 is 15.9 Å². The molecule has 1 aliphatic rings. The Morgan fingerprint density at radius 3 is 2.52 bits per heavy atom. The zero-order chi connectivity index (χ0) is 22.5. The number of nitrogens with zero attached hydrogens (tertiary/aromatic N) is 1. The molecule has 1 aromatic heterocycles. The zero-order valence-electron chi connectivity index (χ0n) is 18.0. The lowest BCUT2D eigenvalue weighted by Gasteiger charge is -2.23. The molecule has 6 heteroatoms. The number of amides is 1. The SMILES string of the molecule is Cc1ccc(C)c(CN2C(=O)C(O)(CC(=O)c3c(C)coc3C)c3cc(Br)ccc32)c1. The normalized spacial score (nSPS) is 17.9. The predicted molar refractivity (Wildman–Crippen MR) is 122 cm³/mol. The molecule has 0 aliphatic carbocycles. The number of carbonyl (C=O) groups is 2. The van der Waals surface area contributed by atoms with E-state index in [0.717, 1.165) is 21.2 Å². The molecular formula is C25H24BrNO4. The van der Waals surface area contributed by atoms with Crippen molar-refractivity contribution >= 4 is 33.3 Å². The lowest BCUT2D eigenvalue weighted by atomic mass is 9.87. The second kappa shape index (κ2) is 7.77. The van der Waals surface area contributed by atoms with E-state index in [9.17, 15) is 14.7 Å². The lowest BCUT2D eigenvalue weighted by Crippen LogP contribution is -2.41. The Labute approximate surface area is 189 Å². The summed E-state index contributed by atoms with van der Waals surface area (Å²) in [4.78, 5) is 28.2. The number of benzene rings is 2. The number of aliphatic hydroxyl groups is 1. The maximum Gasteiger partial charge on any atom is 0.264 e. The summed E-state index contributed by atoms with van der Waals surface area (Å²) >= 11 is 3.43. The average molecular weight is 482 g/mol. The number of hydrogen-bond acceptors (Lipinski definition) is 4. The van der Waals surface area contributed by atoms with Crippen LogP contribution < -0.4 is 4.90 Å². The van der Waals surface area contributed by atoms with Crippen LogP contribution in [0.4, 0.5) is 5.69 Å². The number of anilines is 1. The van der Waals surface area contributed by atoms with Crippen molar-refractivity contribution in [1.29, 1.82) is 0 Å². The Hall–Kier alpha value is -2.70. The van der Waals surface area contributed by atoms with Crippen LogP contribution in [0.3, 0.4) is 0 Å². The molecule has 1 N–H and O–H groups in total. The number of Topliss-reactive ketones (excluding diaryl/α,β-unsaturated/α-hetero) is 1. The second-order valence-electron chi connectivity index (χ2n) is 8.29. The third-order valence-electron chi connectivity index (χ3n) is 5.98. The summed E-state index contributed by atoms with van der Waals surface area (Å²) in [7, 11) is 0. The van der Waals surface area contributed by atoms with E-state index in [-0.39, 0.29) is 12.2 Å². The lowest BCUT2D eigenvalue weighted by molar-refractivity contribution is -0.136. The van der Waals surface area contributed by atoms with Crippen LogP contribution in [-0.4, -0.2) is 16.8 Å². The molecule has 0 bridgehead atoms. The fraction of sp³-hybridized carbons (Fsp3) is 0.280. The van der Waals surface area contributed by atoms with Crippen molar-refractivity contribution in [3.63, 3.8) is 0 Å². The fourth-order valence-corrected chi connectivity index (χ4v) is 4.66. The maximum atomic E-state index is 13.6. The van der Waals surface area contributed by atoms with Crippen molar-refractivity contribution in [2.75, 3.05) is 4.90 Å². The Morgan fingerprint density at radius 1 is 1.10 bits per heavy atom. The van der Waals surface area contributed by atoms with Crippen LogP contribution in [0.2, 0.25) is 0 Å². The number of rotatable bonds is 5. The Balaban J connectivity index is 1.76. The topological polar surface area (TPSA) is 70.8 Å². The summed E-state index contributed by atoms with van der Waals surface area (Å²) in [5, 5.41) is 11.6. The van der Waals surface area contributed by atoms with E-state index in [0.29, 0.717) is 34.7 Å². The molecule has 160 valence electrons. The van der Waals surface area contributed by atoms with E-state index in [4.69, 9.17) is 4.42 Å². The van der Waals surface area contributed by atoms with E-state index in [2.05, 4.69) is 15.9 Å². The third-order valence-corrected chi connectivity index (χ3v) is 6.47. The van der Waals surface area contributed by atoms with Gasteiger partial charge >= 0.3 is 0 Å². The van der Waals surface area contributed by atoms with Crippen LogP contribution in [0, 0.1) is 27.7 Å². The molecule has 5 nitrogen and oxygen atoms in total. The van der Waals surface area contributed by atoms with Crippen LogP contribution in [0.25, 0.3) is 0 Å². The largest absolute Gasteiger partial charge is 0.469 e. The number of ketones is 1. The minimum atomic E-state index is -1.94. The molecule has 3 aromatic rings. The summed E-state index contributed by atoms with van der Waals surface area (Å²) in [6, 6.07) is 11.5. The molecule has 0 fully saturated rings. The van der Waals surface area contributed by atoms with Gasteiger partial charge in [0, 0.05) is 10.0 Å². The van der Waals surface area contributed by atoms with Crippen molar-refractivity contribution in [3.05, 3.63) is 86.3 Å². The van der Waals surface area contributed by atoms with Gasteiger partial charge in [-0.25, -0.2) is 0 Å². The minimum Gasteiger partial charge on any atom is -0.469 e. The first-order chi connectivity index (χ1) is 14.6. The van der Waals surface area contributed by atoms with Crippen LogP contribution in [0.1, 0.15) is 50.4 Å². The monoisotopic (exact) mass is 481 g/mol. The van der Waals surface area contributed by atoms with Crippen LogP contribution in [-0.2, 0) is 16.9 Å². The molecule has 0 radical (unpaired) electrons. The van der Waals surface area contributed by atoms with E-state index < -0.39 is 11.5 Å². The molecule has 0 spiro atoms. The highest BCUT2D eigenvalue weighted by atomic mass is 79.9. The Morgan fingerprint density at radius 2 is 1.84 bits per heavy atom. The standard InChI is InChI=1S/C25H24BrNO4/c1-14-5-6-15(2)18(9-14)12-27-21-8-7-19(26)10-20(21)25(30,24(27)29)11-22(28)23-16(3)13-31-17(23)4/h5-10,13,30H,11-12H2,1-4H3. The van der Waals surface area contributed by atoms with Gasteiger partial charge in [-0.05, 0) is 62.6 Å². The number of hydrogen-bond donors (Lipinski definition) is 1. The van der Waals surface area contributed by atoms with Gasteiger partial charge < -0.3 is 14.4 Å². The molecule has 0 saturated heterocycles. The zero-order valence-corrected chi connectivity index (χ0v) is 19.5. The van der Waals surface area contributed by atoms with Crippen LogP contribution in [0.5, 0.6) is 0 Å². The van der Waals surface area contributed by atoms with Crippen molar-refractivity contribution in [3.8, 4) is 0 Å². The summed E-state index contributed by atoms with van der Waals surface area (Å²) in [5.74, 6) is -0.328. The molecule has 4 rings (SSSR count). The Bertz CT molecular complexity index is 1190. The highest BCUT2D eigenvalue weighted by Gasteiger charge is 2.51. The van der Waals surface area contributed by atoms with Crippen molar-refractivity contribution in [2.45, 2.75) is 46.3 Å². The van der Waals surface area contributed by atoms with Gasteiger partial charge in [0.2, 0.25) is 0 Å². The summed E-state index contributed by atoms with van der Waals surface area (Å²) in [6.45, 7) is 7.81. The average Bonchev–Trinajstić information content (AvgIpc) is 3.14. The first-order valence-corrected chi connectivity index (χ1v) is 10.9. The molecular weight excluding hydrogens is 458 g/mol. The second-order valence-corrected chi connectivity index (χ2v) is 9.21. The molecule has 1 atom stereocenters. The molecule has 1 unspecified atom stereocenters. The van der Waals surface area contributed by atoms with E-state index in [1.54, 1.807) is 30.9 Å². The maximum absolute atomic E-state index is 13.6. The first kappa shape index (κ1) is 21.5. The molecule has 1 aliphatic heterocycles. The quantitative estimate of drug-likeness (QED) is 0.503. The van der Waals surface area contributed by atoms with Gasteiger partial charge in [0.1, 0.15) is 5.76 Å². The van der Waals surface area contributed by atoms with Gasteiger partial charge in [0.05, 0.1) is 30.5 Å². The third kappa shape index (κ3) is 3.64. The van der Waals surface area contributed by atoms with Gasteiger partial charge in [0.25, 0.3) is 5.91 Å². The minimum absolute atomic E-state index is 0.320.